The number of hydrogen-bond acceptors (Lipinski definition) is 5. The average Bonchev–Trinajstić information content (AvgIpc) is 3.32. The van der Waals surface area contributed by atoms with Crippen molar-refractivity contribution in [2.45, 2.75) is 84.3 Å². The van der Waals surface area contributed by atoms with Gasteiger partial charge in [0.15, 0.2) is 21.8 Å². The third-order valence-electron chi connectivity index (χ3n) is 9.54. The SMILES string of the molecule is COCOC(/C(C)=C\c1cccccc1=O)c1cc(CO[Si](C)(C)C(C)(C)C)c([Si](c2ccccc2)(c2ccccc2)C(C)(C)C)o1. The molecule has 0 amide bonds. The van der Waals surface area contributed by atoms with Gasteiger partial charge in [-0.1, -0.05) is 126 Å². The molecule has 0 radical (unpaired) electrons. The molecule has 1 heterocycles. The van der Waals surface area contributed by atoms with Crippen LogP contribution in [0.3, 0.4) is 0 Å². The normalized spacial score (nSPS) is 13.9. The van der Waals surface area contributed by atoms with E-state index in [2.05, 4.69) is 121 Å². The highest BCUT2D eigenvalue weighted by molar-refractivity contribution is 7.12. The van der Waals surface area contributed by atoms with Gasteiger partial charge in [0, 0.05) is 18.2 Å². The summed E-state index contributed by atoms with van der Waals surface area (Å²) in [6, 6.07) is 32.7. The van der Waals surface area contributed by atoms with E-state index in [0.717, 1.165) is 16.5 Å². The third-order valence-corrected chi connectivity index (χ3v) is 19.8. The lowest BCUT2D eigenvalue weighted by Crippen LogP contribution is -2.72. The molecule has 0 saturated carbocycles. The van der Waals surface area contributed by atoms with Gasteiger partial charge in [-0.2, -0.15) is 0 Å². The smallest absolute Gasteiger partial charge is 0.198 e. The summed E-state index contributed by atoms with van der Waals surface area (Å²) >= 11 is 0. The van der Waals surface area contributed by atoms with E-state index < -0.39 is 22.5 Å². The molecule has 0 spiro atoms. The zero-order valence-electron chi connectivity index (χ0n) is 29.8. The maximum absolute atomic E-state index is 12.9. The van der Waals surface area contributed by atoms with E-state index in [1.807, 2.05) is 31.2 Å². The molecule has 0 aliphatic carbocycles. The van der Waals surface area contributed by atoms with Gasteiger partial charge in [0.25, 0.3) is 0 Å². The number of furan rings is 1. The van der Waals surface area contributed by atoms with Crippen LogP contribution in [0.2, 0.25) is 23.2 Å². The van der Waals surface area contributed by atoms with Crippen LogP contribution in [0.1, 0.15) is 71.5 Å². The van der Waals surface area contributed by atoms with Crippen LogP contribution in [0.15, 0.2) is 112 Å². The van der Waals surface area contributed by atoms with Gasteiger partial charge in [-0.3, -0.25) is 4.79 Å². The van der Waals surface area contributed by atoms with Crippen molar-refractivity contribution in [3.8, 4) is 0 Å². The maximum Gasteiger partial charge on any atom is 0.198 e. The largest absolute Gasteiger partial charge is 0.467 e. The van der Waals surface area contributed by atoms with Crippen LogP contribution < -0.4 is 21.2 Å². The minimum Gasteiger partial charge on any atom is -0.467 e. The Bertz CT molecular complexity index is 1660. The topological polar surface area (TPSA) is 57.9 Å². The van der Waals surface area contributed by atoms with Gasteiger partial charge < -0.3 is 18.3 Å². The fourth-order valence-electron chi connectivity index (χ4n) is 6.05. The molecule has 3 aromatic carbocycles. The van der Waals surface area contributed by atoms with Crippen LogP contribution in [-0.2, 0) is 20.5 Å². The Labute approximate surface area is 283 Å². The first-order valence-electron chi connectivity index (χ1n) is 16.4. The Hall–Kier alpha value is -3.34. The van der Waals surface area contributed by atoms with Crippen LogP contribution in [0.4, 0.5) is 0 Å². The van der Waals surface area contributed by atoms with Crippen LogP contribution >= 0.6 is 0 Å². The summed E-state index contributed by atoms with van der Waals surface area (Å²) in [4.78, 5) is 12.9. The Morgan fingerprint density at radius 3 is 1.85 bits per heavy atom. The Morgan fingerprint density at radius 1 is 0.809 bits per heavy atom. The molecule has 0 bridgehead atoms. The van der Waals surface area contributed by atoms with E-state index in [-0.39, 0.29) is 22.3 Å². The van der Waals surface area contributed by atoms with Crippen molar-refractivity contribution in [3.05, 3.63) is 130 Å². The van der Waals surface area contributed by atoms with E-state index in [1.54, 1.807) is 19.2 Å². The Balaban J connectivity index is 2.04. The number of rotatable bonds is 12. The molecule has 0 aliphatic rings. The quantitative estimate of drug-likeness (QED) is 0.113. The van der Waals surface area contributed by atoms with E-state index in [1.165, 1.54) is 10.4 Å². The molecule has 0 N–H and O–H groups in total. The van der Waals surface area contributed by atoms with Gasteiger partial charge in [0.1, 0.15) is 18.7 Å². The number of hydrogen-bond donors (Lipinski definition) is 0. The molecular weight excluding hydrogens is 617 g/mol. The van der Waals surface area contributed by atoms with E-state index in [9.17, 15) is 4.79 Å². The van der Waals surface area contributed by atoms with Crippen LogP contribution in [-0.4, -0.2) is 30.3 Å². The van der Waals surface area contributed by atoms with Gasteiger partial charge in [0.05, 0.1) is 12.0 Å². The van der Waals surface area contributed by atoms with Crippen molar-refractivity contribution in [2.24, 2.45) is 0 Å². The van der Waals surface area contributed by atoms with Gasteiger partial charge in [-0.25, -0.2) is 0 Å². The van der Waals surface area contributed by atoms with Gasteiger partial charge >= 0.3 is 0 Å². The highest BCUT2D eigenvalue weighted by atomic mass is 28.4. The van der Waals surface area contributed by atoms with Crippen LogP contribution in [0.25, 0.3) is 6.08 Å². The molecule has 47 heavy (non-hydrogen) atoms. The van der Waals surface area contributed by atoms with Crippen LogP contribution in [0, 0.1) is 0 Å². The fraction of sp³-hybridized carbons (Fsp3) is 0.375. The first kappa shape index (κ1) is 36.5. The Kier molecular flexibility index (Phi) is 11.5. The lowest BCUT2D eigenvalue weighted by atomic mass is 10.1. The molecule has 0 fully saturated rings. The zero-order valence-corrected chi connectivity index (χ0v) is 31.8. The second-order valence-electron chi connectivity index (χ2n) is 14.9. The van der Waals surface area contributed by atoms with Crippen molar-refractivity contribution in [1.82, 2.24) is 0 Å². The minimum atomic E-state index is -2.88. The standard InChI is InChI=1S/C40H52O5Si2/c1-30(26-31-20-14-11-19-25-35(31)41)37(43-29-42-8)36-27-32(28-44-46(9,10)39(2,3)4)38(45-36)47(40(5,6)7,33-21-15-12-16-22-33)34-23-17-13-18-24-34/h11-27,37H,28-29H2,1-10H3/b30-26-. The minimum absolute atomic E-state index is 0.0441. The molecule has 4 aromatic rings. The number of ether oxygens (including phenoxy) is 2. The maximum atomic E-state index is 12.9. The summed E-state index contributed by atoms with van der Waals surface area (Å²) < 4.78 is 25.9. The molecule has 4 rings (SSSR count). The Morgan fingerprint density at radius 2 is 1.34 bits per heavy atom. The number of methoxy groups -OCH3 is 1. The van der Waals surface area contributed by atoms with E-state index in [4.69, 9.17) is 18.3 Å². The van der Waals surface area contributed by atoms with E-state index >= 15 is 0 Å². The van der Waals surface area contributed by atoms with Crippen molar-refractivity contribution in [1.29, 1.82) is 0 Å². The summed E-state index contributed by atoms with van der Waals surface area (Å²) in [6.07, 6.45) is 1.30. The van der Waals surface area contributed by atoms with Crippen molar-refractivity contribution >= 4 is 38.2 Å². The molecule has 0 saturated heterocycles. The third kappa shape index (κ3) is 7.87. The predicted molar refractivity (Wildman–Crippen MR) is 200 cm³/mol. The summed E-state index contributed by atoms with van der Waals surface area (Å²) in [7, 11) is -3.40. The van der Waals surface area contributed by atoms with Crippen molar-refractivity contribution < 1.29 is 18.3 Å². The van der Waals surface area contributed by atoms with Gasteiger partial charge in [0.2, 0.25) is 0 Å². The monoisotopic (exact) mass is 668 g/mol. The highest BCUT2D eigenvalue weighted by Gasteiger charge is 2.53. The second-order valence-corrected chi connectivity index (χ2v) is 24.3. The lowest BCUT2D eigenvalue weighted by Gasteiger charge is -2.43. The molecule has 7 heteroatoms. The van der Waals surface area contributed by atoms with Gasteiger partial charge in [-0.05, 0) is 64.2 Å². The molecule has 0 aliphatic heterocycles. The summed E-state index contributed by atoms with van der Waals surface area (Å²) in [5.74, 6) is 0.667. The van der Waals surface area contributed by atoms with E-state index in [0.29, 0.717) is 17.9 Å². The lowest BCUT2D eigenvalue weighted by molar-refractivity contribution is -0.0657. The molecular formula is C40H52O5Si2. The van der Waals surface area contributed by atoms with Crippen molar-refractivity contribution in [3.63, 3.8) is 0 Å². The number of benzene rings is 2. The summed E-state index contributed by atoms with van der Waals surface area (Å²) in [5.41, 5.74) is 2.40. The average molecular weight is 669 g/mol. The molecule has 250 valence electrons. The molecule has 1 atom stereocenters. The van der Waals surface area contributed by atoms with Crippen molar-refractivity contribution in [2.75, 3.05) is 13.9 Å². The summed E-state index contributed by atoms with van der Waals surface area (Å²) in [5, 5.41) is 3.35. The molecule has 1 unspecified atom stereocenters. The first-order valence-corrected chi connectivity index (χ1v) is 21.3. The van der Waals surface area contributed by atoms with Crippen LogP contribution in [0.5, 0.6) is 0 Å². The molecule has 5 nitrogen and oxygen atoms in total. The fourth-order valence-corrected chi connectivity index (χ4v) is 12.6. The zero-order chi connectivity index (χ0) is 34.5. The summed E-state index contributed by atoms with van der Waals surface area (Å²) in [6.45, 7) is 20.8. The first-order chi connectivity index (χ1) is 22.1. The second kappa shape index (κ2) is 14.8. The highest BCUT2D eigenvalue weighted by Crippen LogP contribution is 2.40. The predicted octanol–water partition coefficient (Wildman–Crippen LogP) is 8.20. The molecule has 1 aromatic heterocycles. The van der Waals surface area contributed by atoms with Gasteiger partial charge in [-0.15, -0.1) is 0 Å².